The normalized spacial score (nSPS) is 16.8. The molecule has 4 rings (SSSR count). The molecule has 0 N–H and O–H groups in total. The van der Waals surface area contributed by atoms with Crippen molar-refractivity contribution in [2.45, 2.75) is 46.7 Å². The van der Waals surface area contributed by atoms with Crippen molar-refractivity contribution in [1.29, 1.82) is 0 Å². The number of likely N-dealkylation sites (N-methyl/N-ethyl adjacent to an activating group) is 1. The van der Waals surface area contributed by atoms with Crippen LogP contribution in [0.1, 0.15) is 40.5 Å². The zero-order chi connectivity index (χ0) is 31.3. The third kappa shape index (κ3) is 7.48. The first-order chi connectivity index (χ1) is 20.6. The van der Waals surface area contributed by atoms with Gasteiger partial charge in [0.2, 0.25) is 0 Å². The first-order valence-corrected chi connectivity index (χ1v) is 15.8. The van der Waals surface area contributed by atoms with Gasteiger partial charge in [-0.05, 0) is 63.1 Å². The molecule has 0 amide bonds. The number of carbonyl (C=O) groups is 2. The smallest absolute Gasteiger partial charge is 0.302 e. The molecule has 2 aromatic carbocycles. The Hall–Kier alpha value is -2.78. The Morgan fingerprint density at radius 3 is 1.72 bits per heavy atom. The van der Waals surface area contributed by atoms with E-state index < -0.39 is 0 Å². The fraction of sp³-hybridized carbons (Fsp3) is 0.419. The van der Waals surface area contributed by atoms with Crippen LogP contribution >= 0.6 is 46.4 Å². The van der Waals surface area contributed by atoms with Crippen molar-refractivity contribution in [2.24, 2.45) is 0 Å². The second-order valence-corrected chi connectivity index (χ2v) is 11.7. The Balaban J connectivity index is 1.66. The molecular formula is C31H36Cl4N4O4. The molecule has 0 bridgehead atoms. The lowest BCUT2D eigenvalue weighted by molar-refractivity contribution is -0.141. The minimum Gasteiger partial charge on any atom is -0.466 e. The van der Waals surface area contributed by atoms with Crippen molar-refractivity contribution in [3.8, 4) is 0 Å². The number of hydrogen-bond acceptors (Lipinski definition) is 8. The first-order valence-electron chi connectivity index (χ1n) is 14.3. The van der Waals surface area contributed by atoms with Gasteiger partial charge in [-0.25, -0.2) is 0 Å². The lowest BCUT2D eigenvalue weighted by Crippen LogP contribution is -2.42. The predicted octanol–water partition coefficient (Wildman–Crippen LogP) is 7.92. The summed E-state index contributed by atoms with van der Waals surface area (Å²) in [5.41, 5.74) is 3.87. The van der Waals surface area contributed by atoms with E-state index in [4.69, 9.17) is 55.9 Å². The van der Waals surface area contributed by atoms with Crippen molar-refractivity contribution in [2.75, 3.05) is 59.0 Å². The molecule has 0 aliphatic carbocycles. The number of hydrogen-bond donors (Lipinski definition) is 0. The molecule has 0 fully saturated rings. The molecule has 1 atom stereocenters. The Bertz CT molecular complexity index is 1420. The van der Waals surface area contributed by atoms with Gasteiger partial charge in [-0.3, -0.25) is 9.59 Å². The number of fused-ring (bicyclic) bond motifs is 2. The zero-order valence-electron chi connectivity index (χ0n) is 24.7. The van der Waals surface area contributed by atoms with Crippen LogP contribution < -0.4 is 19.6 Å². The Morgan fingerprint density at radius 2 is 1.21 bits per heavy atom. The topological polar surface area (TPSA) is 65.6 Å². The predicted molar refractivity (Wildman–Crippen MR) is 177 cm³/mol. The van der Waals surface area contributed by atoms with Crippen molar-refractivity contribution < 1.29 is 19.1 Å². The maximum absolute atomic E-state index is 11.3. The fourth-order valence-electron chi connectivity index (χ4n) is 5.49. The molecule has 2 aromatic rings. The van der Waals surface area contributed by atoms with Gasteiger partial charge < -0.3 is 29.1 Å². The minimum atomic E-state index is -0.302. The first kappa shape index (κ1) is 33.1. The molecule has 43 heavy (non-hydrogen) atoms. The number of rotatable bonds is 12. The molecule has 0 saturated heterocycles. The van der Waals surface area contributed by atoms with Gasteiger partial charge in [0.15, 0.2) is 0 Å². The maximum Gasteiger partial charge on any atom is 0.302 e. The quantitative estimate of drug-likeness (QED) is 0.167. The summed E-state index contributed by atoms with van der Waals surface area (Å²) in [5, 5.41) is 1.94. The van der Waals surface area contributed by atoms with Crippen LogP contribution in [-0.4, -0.2) is 57.5 Å². The Kier molecular flexibility index (Phi) is 11.4. The lowest BCUT2D eigenvalue weighted by Gasteiger charge is -2.30. The summed E-state index contributed by atoms with van der Waals surface area (Å²) in [4.78, 5) is 31.5. The van der Waals surface area contributed by atoms with Crippen LogP contribution in [0.25, 0.3) is 0 Å². The summed E-state index contributed by atoms with van der Waals surface area (Å²) >= 11 is 25.7. The number of anilines is 4. The highest BCUT2D eigenvalue weighted by Gasteiger charge is 2.35. The van der Waals surface area contributed by atoms with Crippen LogP contribution in [-0.2, 0) is 19.1 Å². The van der Waals surface area contributed by atoms with Crippen molar-refractivity contribution >= 4 is 81.1 Å². The molecule has 232 valence electrons. The van der Waals surface area contributed by atoms with Gasteiger partial charge in [0, 0.05) is 40.0 Å². The Morgan fingerprint density at radius 1 is 0.721 bits per heavy atom. The Labute approximate surface area is 273 Å². The van der Waals surface area contributed by atoms with Crippen LogP contribution in [0.2, 0.25) is 20.1 Å². The van der Waals surface area contributed by atoms with Crippen molar-refractivity contribution in [1.82, 2.24) is 0 Å². The van der Waals surface area contributed by atoms with Gasteiger partial charge in [-0.1, -0.05) is 52.5 Å². The minimum absolute atomic E-state index is 0.121. The van der Waals surface area contributed by atoms with Gasteiger partial charge in [0.25, 0.3) is 0 Å². The van der Waals surface area contributed by atoms with Crippen LogP contribution in [0.4, 0.5) is 22.7 Å². The summed E-state index contributed by atoms with van der Waals surface area (Å²) < 4.78 is 10.4. The van der Waals surface area contributed by atoms with Crippen LogP contribution in [0.3, 0.4) is 0 Å². The third-order valence-electron chi connectivity index (χ3n) is 7.29. The van der Waals surface area contributed by atoms with E-state index in [1.54, 1.807) is 0 Å². The number of carbonyl (C=O) groups excluding carboxylic acids is 2. The SMILES string of the molecule is CCN1/C(=C/C=C\[C@H]2N(CC)c3cc(Cl)c(Cl)cc3N2CCCOC(C)=O)N(CCCOC(C)=O)c2cc(Cl)c(Cl)cc21. The number of halogens is 4. The van der Waals surface area contributed by atoms with E-state index in [0.717, 1.165) is 35.1 Å². The number of allylic oxidation sites excluding steroid dienone is 2. The number of nitrogens with zero attached hydrogens (tertiary/aromatic N) is 4. The molecular weight excluding hydrogens is 634 g/mol. The molecule has 2 heterocycles. The summed E-state index contributed by atoms with van der Waals surface area (Å²) in [6, 6.07) is 7.56. The molecule has 0 saturated carbocycles. The van der Waals surface area contributed by atoms with Gasteiger partial charge in [0.1, 0.15) is 12.0 Å². The van der Waals surface area contributed by atoms with Gasteiger partial charge in [-0.2, -0.15) is 0 Å². The summed E-state index contributed by atoms with van der Waals surface area (Å²) in [5.74, 6) is 0.359. The summed E-state index contributed by atoms with van der Waals surface area (Å²) in [6.07, 6.45) is 7.43. The number of benzene rings is 2. The largest absolute Gasteiger partial charge is 0.466 e. The molecule has 12 heteroatoms. The van der Waals surface area contributed by atoms with Gasteiger partial charge >= 0.3 is 11.9 Å². The maximum atomic E-state index is 11.3. The van der Waals surface area contributed by atoms with Crippen LogP contribution in [0, 0.1) is 0 Å². The average Bonchev–Trinajstić information content (AvgIpc) is 3.39. The van der Waals surface area contributed by atoms with Gasteiger partial charge in [-0.15, -0.1) is 0 Å². The van der Waals surface area contributed by atoms with E-state index in [1.165, 1.54) is 13.8 Å². The summed E-state index contributed by atoms with van der Waals surface area (Å²) in [7, 11) is 0. The van der Waals surface area contributed by atoms with E-state index in [2.05, 4.69) is 45.6 Å². The molecule has 0 unspecified atom stereocenters. The molecule has 2 aliphatic heterocycles. The average molecular weight is 670 g/mol. The second kappa shape index (κ2) is 14.8. The third-order valence-corrected chi connectivity index (χ3v) is 8.74. The number of esters is 2. The molecule has 8 nitrogen and oxygen atoms in total. The standard InChI is InChI=1S/C31H36Cl4N4O4/c1-5-36-26-16-22(32)24(34)18-28(26)38(12-8-14-42-20(3)40)30(36)10-7-11-31-37(6-2)27-17-23(33)25(35)19-29(27)39(31)13-9-15-43-21(4)41/h7,10-11,16-19,30H,5-6,8-9,12-15H2,1-4H3/b10-7-,31-11-/t30-/m0/s1. The highest BCUT2D eigenvalue weighted by molar-refractivity contribution is 6.43. The summed E-state index contributed by atoms with van der Waals surface area (Å²) in [6.45, 7) is 10.3. The van der Waals surface area contributed by atoms with Crippen LogP contribution in [0.5, 0.6) is 0 Å². The molecule has 0 spiro atoms. The van der Waals surface area contributed by atoms with Crippen LogP contribution in [0.15, 0.2) is 48.3 Å². The van der Waals surface area contributed by atoms with Crippen molar-refractivity contribution in [3.05, 3.63) is 68.4 Å². The van der Waals surface area contributed by atoms with E-state index in [-0.39, 0.29) is 18.1 Å². The van der Waals surface area contributed by atoms with Gasteiger partial charge in [0.05, 0.1) is 56.1 Å². The van der Waals surface area contributed by atoms with E-state index in [1.807, 2.05) is 30.3 Å². The van der Waals surface area contributed by atoms with E-state index in [9.17, 15) is 9.59 Å². The van der Waals surface area contributed by atoms with E-state index in [0.29, 0.717) is 65.8 Å². The second-order valence-electron chi connectivity index (χ2n) is 10.1. The lowest BCUT2D eigenvalue weighted by atomic mass is 10.2. The zero-order valence-corrected chi connectivity index (χ0v) is 27.7. The van der Waals surface area contributed by atoms with E-state index >= 15 is 0 Å². The highest BCUT2D eigenvalue weighted by atomic mass is 35.5. The molecule has 0 aromatic heterocycles. The fourth-order valence-corrected chi connectivity index (χ4v) is 6.12. The molecule has 2 aliphatic rings. The number of ether oxygens (including phenoxy) is 2. The highest BCUT2D eigenvalue weighted by Crippen LogP contribution is 2.46. The monoisotopic (exact) mass is 668 g/mol. The van der Waals surface area contributed by atoms with Crippen molar-refractivity contribution in [3.63, 3.8) is 0 Å². The molecule has 0 radical (unpaired) electrons.